The molecule has 4 aromatic rings. The van der Waals surface area contributed by atoms with Gasteiger partial charge in [-0.3, -0.25) is 0 Å². The zero-order valence-electron chi connectivity index (χ0n) is 18.1. The van der Waals surface area contributed by atoms with Gasteiger partial charge in [-0.05, 0) is 61.7 Å². The molecule has 0 saturated heterocycles. The third kappa shape index (κ3) is 5.60. The van der Waals surface area contributed by atoms with Crippen LogP contribution >= 0.6 is 23.1 Å². The highest BCUT2D eigenvalue weighted by Gasteiger charge is 2.30. The molecule has 2 nitrogen and oxygen atoms in total. The summed E-state index contributed by atoms with van der Waals surface area (Å²) in [6, 6.07) is 20.9. The van der Waals surface area contributed by atoms with Gasteiger partial charge in [0.25, 0.3) is 0 Å². The van der Waals surface area contributed by atoms with Crippen molar-refractivity contribution in [1.29, 1.82) is 0 Å². The second kappa shape index (κ2) is 9.61. The number of thiazole rings is 1. The maximum Gasteiger partial charge on any atom is 0.416 e. The molecule has 0 bridgehead atoms. The Morgan fingerprint density at radius 3 is 2.30 bits per heavy atom. The zero-order chi connectivity index (χ0) is 23.6. The molecule has 0 aliphatic carbocycles. The molecule has 0 unspecified atom stereocenters. The average Bonchev–Trinajstić information content (AvgIpc) is 3.17. The first-order valence-corrected chi connectivity index (χ1v) is 12.1. The number of hydrogen-bond donors (Lipinski definition) is 1. The standard InChI is InChI=1S/C26H22F3NOS2/c1-16-14-21(12-13-22(16)31)32-23(15-18-6-4-3-5-7-18)24-17(2)30-25(33-24)19-8-10-20(11-9-19)26(27,28)29/h3-14,23,31H,15H2,1-2H3/t23-/m1/s1. The van der Waals surface area contributed by atoms with E-state index in [0.29, 0.717) is 10.6 Å². The molecular formula is C26H22F3NOS2. The van der Waals surface area contributed by atoms with E-state index in [1.165, 1.54) is 29.0 Å². The van der Waals surface area contributed by atoms with Crippen molar-refractivity contribution in [2.45, 2.75) is 36.6 Å². The fraction of sp³-hybridized carbons (Fsp3) is 0.192. The Labute approximate surface area is 199 Å². The zero-order valence-corrected chi connectivity index (χ0v) is 19.7. The summed E-state index contributed by atoms with van der Waals surface area (Å²) in [7, 11) is 0. The summed E-state index contributed by atoms with van der Waals surface area (Å²) in [5, 5.41) is 10.7. The molecule has 3 aromatic carbocycles. The summed E-state index contributed by atoms with van der Waals surface area (Å²) in [5.74, 6) is 0.262. The maximum absolute atomic E-state index is 12.9. The van der Waals surface area contributed by atoms with Crippen LogP contribution in [0.5, 0.6) is 5.75 Å². The number of nitrogens with zero attached hydrogens (tertiary/aromatic N) is 1. The molecule has 0 radical (unpaired) electrons. The smallest absolute Gasteiger partial charge is 0.416 e. The van der Waals surface area contributed by atoms with Crippen molar-refractivity contribution in [2.24, 2.45) is 0 Å². The van der Waals surface area contributed by atoms with Crippen molar-refractivity contribution in [2.75, 3.05) is 0 Å². The number of rotatable bonds is 6. The van der Waals surface area contributed by atoms with Crippen LogP contribution in [0.4, 0.5) is 13.2 Å². The van der Waals surface area contributed by atoms with Crippen LogP contribution < -0.4 is 0 Å². The summed E-state index contributed by atoms with van der Waals surface area (Å²) in [6.07, 6.45) is -3.58. The molecule has 1 atom stereocenters. The van der Waals surface area contributed by atoms with E-state index in [1.54, 1.807) is 17.8 Å². The molecule has 0 spiro atoms. The SMILES string of the molecule is Cc1cc(S[C@H](Cc2ccccc2)c2sc(-c3ccc(C(F)(F)F)cc3)nc2C)ccc1O. The fourth-order valence-corrected chi connectivity index (χ4v) is 6.13. The first-order valence-electron chi connectivity index (χ1n) is 10.4. The van der Waals surface area contributed by atoms with Crippen LogP contribution in [0.2, 0.25) is 0 Å². The maximum atomic E-state index is 12.9. The van der Waals surface area contributed by atoms with E-state index in [0.717, 1.165) is 39.6 Å². The van der Waals surface area contributed by atoms with Gasteiger partial charge in [0.05, 0.1) is 11.3 Å². The van der Waals surface area contributed by atoms with Crippen molar-refractivity contribution in [3.05, 3.63) is 100 Å². The number of aromatic hydroxyl groups is 1. The Morgan fingerprint density at radius 2 is 1.67 bits per heavy atom. The largest absolute Gasteiger partial charge is 0.508 e. The summed E-state index contributed by atoms with van der Waals surface area (Å²) in [5.41, 5.74) is 2.88. The molecule has 0 fully saturated rings. The number of aromatic nitrogens is 1. The van der Waals surface area contributed by atoms with E-state index in [2.05, 4.69) is 12.1 Å². The molecular weight excluding hydrogens is 463 g/mol. The number of benzene rings is 3. The first kappa shape index (κ1) is 23.4. The Morgan fingerprint density at radius 1 is 0.970 bits per heavy atom. The average molecular weight is 486 g/mol. The monoisotopic (exact) mass is 485 g/mol. The van der Waals surface area contributed by atoms with E-state index in [-0.39, 0.29) is 11.0 Å². The van der Waals surface area contributed by atoms with Gasteiger partial charge in [0.15, 0.2) is 0 Å². The van der Waals surface area contributed by atoms with Gasteiger partial charge in [-0.25, -0.2) is 4.98 Å². The molecule has 1 N–H and O–H groups in total. The Kier molecular flexibility index (Phi) is 6.81. The van der Waals surface area contributed by atoms with Crippen LogP contribution in [0.15, 0.2) is 77.7 Å². The molecule has 7 heteroatoms. The van der Waals surface area contributed by atoms with Crippen LogP contribution in [0.3, 0.4) is 0 Å². The van der Waals surface area contributed by atoms with Gasteiger partial charge in [-0.15, -0.1) is 23.1 Å². The van der Waals surface area contributed by atoms with Crippen molar-refractivity contribution in [3.8, 4) is 16.3 Å². The second-order valence-electron chi connectivity index (χ2n) is 7.79. The highest BCUT2D eigenvalue weighted by atomic mass is 32.2. The predicted octanol–water partition coefficient (Wildman–Crippen LogP) is 8.23. The Hall–Kier alpha value is -2.77. The molecule has 1 heterocycles. The third-order valence-electron chi connectivity index (χ3n) is 5.29. The van der Waals surface area contributed by atoms with Gasteiger partial charge in [0.2, 0.25) is 0 Å². The number of halogens is 3. The molecule has 0 saturated carbocycles. The lowest BCUT2D eigenvalue weighted by Crippen LogP contribution is -2.03. The van der Waals surface area contributed by atoms with E-state index in [4.69, 9.17) is 4.98 Å². The van der Waals surface area contributed by atoms with Crippen LogP contribution in [0, 0.1) is 13.8 Å². The van der Waals surface area contributed by atoms with Crippen molar-refractivity contribution in [3.63, 3.8) is 0 Å². The van der Waals surface area contributed by atoms with Gasteiger partial charge < -0.3 is 5.11 Å². The summed E-state index contributed by atoms with van der Waals surface area (Å²) >= 11 is 3.22. The molecule has 0 aliphatic heterocycles. The van der Waals surface area contributed by atoms with Gasteiger partial charge in [0, 0.05) is 20.6 Å². The van der Waals surface area contributed by atoms with Crippen LogP contribution in [-0.4, -0.2) is 10.1 Å². The molecule has 0 amide bonds. The fourth-order valence-electron chi connectivity index (χ4n) is 3.51. The van der Waals surface area contributed by atoms with Gasteiger partial charge >= 0.3 is 6.18 Å². The summed E-state index contributed by atoms with van der Waals surface area (Å²) in [6.45, 7) is 3.81. The Bertz CT molecular complexity index is 1230. The number of thioether (sulfide) groups is 1. The van der Waals surface area contributed by atoms with E-state index in [1.807, 2.05) is 44.2 Å². The lowest BCUT2D eigenvalue weighted by molar-refractivity contribution is -0.137. The van der Waals surface area contributed by atoms with Gasteiger partial charge in [-0.2, -0.15) is 13.2 Å². The highest BCUT2D eigenvalue weighted by Crippen LogP contribution is 2.44. The van der Waals surface area contributed by atoms with E-state index in [9.17, 15) is 18.3 Å². The molecule has 0 aliphatic rings. The van der Waals surface area contributed by atoms with Crippen LogP contribution in [0.25, 0.3) is 10.6 Å². The molecule has 1 aromatic heterocycles. The minimum absolute atomic E-state index is 0.0667. The summed E-state index contributed by atoms with van der Waals surface area (Å²) in [4.78, 5) is 6.82. The number of alkyl halides is 3. The minimum Gasteiger partial charge on any atom is -0.508 e. The normalized spacial score (nSPS) is 12.6. The van der Waals surface area contributed by atoms with E-state index < -0.39 is 11.7 Å². The second-order valence-corrected chi connectivity index (χ2v) is 10.1. The predicted molar refractivity (Wildman–Crippen MR) is 129 cm³/mol. The Balaban J connectivity index is 1.67. The first-order chi connectivity index (χ1) is 15.7. The quantitative estimate of drug-likeness (QED) is 0.279. The molecule has 170 valence electrons. The highest BCUT2D eigenvalue weighted by molar-refractivity contribution is 7.99. The molecule has 4 rings (SSSR count). The molecule has 33 heavy (non-hydrogen) atoms. The van der Waals surface area contributed by atoms with Crippen molar-refractivity contribution >= 4 is 23.1 Å². The third-order valence-corrected chi connectivity index (χ3v) is 7.98. The van der Waals surface area contributed by atoms with Crippen LogP contribution in [0.1, 0.15) is 32.5 Å². The van der Waals surface area contributed by atoms with Crippen molar-refractivity contribution < 1.29 is 18.3 Å². The summed E-state index contributed by atoms with van der Waals surface area (Å²) < 4.78 is 38.8. The number of aryl methyl sites for hydroxylation is 2. The van der Waals surface area contributed by atoms with Crippen molar-refractivity contribution in [1.82, 2.24) is 4.98 Å². The lowest BCUT2D eigenvalue weighted by atomic mass is 10.1. The number of phenolic OH excluding ortho intramolecular Hbond substituents is 1. The van der Waals surface area contributed by atoms with Gasteiger partial charge in [-0.1, -0.05) is 42.5 Å². The number of hydrogen-bond acceptors (Lipinski definition) is 4. The number of phenols is 1. The van der Waals surface area contributed by atoms with E-state index >= 15 is 0 Å². The minimum atomic E-state index is -4.36. The van der Waals surface area contributed by atoms with Crippen LogP contribution in [-0.2, 0) is 12.6 Å². The lowest BCUT2D eigenvalue weighted by Gasteiger charge is -2.17. The van der Waals surface area contributed by atoms with Gasteiger partial charge in [0.1, 0.15) is 10.8 Å². The topological polar surface area (TPSA) is 33.1 Å².